The van der Waals surface area contributed by atoms with Crippen molar-refractivity contribution in [2.24, 2.45) is 17.3 Å². The predicted molar refractivity (Wildman–Crippen MR) is 86.0 cm³/mol. The molecule has 2 aliphatic rings. The molecule has 3 heteroatoms. The number of carbonyl (C=O) groups is 1. The first-order chi connectivity index (χ1) is 10.4. The van der Waals surface area contributed by atoms with Crippen molar-refractivity contribution in [3.8, 4) is 11.5 Å². The van der Waals surface area contributed by atoms with E-state index in [-0.39, 0.29) is 16.9 Å². The Morgan fingerprint density at radius 1 is 1.23 bits per heavy atom. The molecular formula is C19H26O3. The smallest absolute Gasteiger partial charge is 0.157 e. The lowest BCUT2D eigenvalue weighted by Crippen LogP contribution is -2.37. The summed E-state index contributed by atoms with van der Waals surface area (Å²) in [4.78, 5) is 12.2. The molecule has 1 unspecified atom stereocenters. The van der Waals surface area contributed by atoms with Crippen LogP contribution in [0.4, 0.5) is 0 Å². The number of rotatable bonds is 3. The molecule has 0 spiro atoms. The van der Waals surface area contributed by atoms with E-state index in [2.05, 4.69) is 6.92 Å². The van der Waals surface area contributed by atoms with Crippen LogP contribution < -0.4 is 0 Å². The highest BCUT2D eigenvalue weighted by atomic mass is 16.3. The molecule has 1 aromatic rings. The Bertz CT molecular complexity index is 593. The SMILES string of the molecule is Cc1cc(O)c(O)cc1CCC1CCC[C@]2(C)C(=O)CC[C@@H]12. The average Bonchev–Trinajstić information content (AvgIpc) is 2.78. The van der Waals surface area contributed by atoms with Crippen molar-refractivity contribution in [3.05, 3.63) is 23.3 Å². The van der Waals surface area contributed by atoms with Crippen LogP contribution in [-0.4, -0.2) is 16.0 Å². The molecular weight excluding hydrogens is 276 g/mol. The minimum absolute atomic E-state index is 0.0369. The summed E-state index contributed by atoms with van der Waals surface area (Å²) in [6, 6.07) is 3.32. The van der Waals surface area contributed by atoms with Crippen molar-refractivity contribution in [1.82, 2.24) is 0 Å². The van der Waals surface area contributed by atoms with Gasteiger partial charge in [-0.2, -0.15) is 0 Å². The molecule has 3 rings (SSSR count). The van der Waals surface area contributed by atoms with Gasteiger partial charge in [0.25, 0.3) is 0 Å². The molecule has 0 aliphatic heterocycles. The Hall–Kier alpha value is -1.51. The maximum atomic E-state index is 12.2. The van der Waals surface area contributed by atoms with Crippen LogP contribution >= 0.6 is 0 Å². The van der Waals surface area contributed by atoms with Gasteiger partial charge >= 0.3 is 0 Å². The summed E-state index contributed by atoms with van der Waals surface area (Å²) in [5, 5.41) is 19.2. The number of hydrogen-bond donors (Lipinski definition) is 2. The van der Waals surface area contributed by atoms with E-state index in [1.807, 2.05) is 6.92 Å². The summed E-state index contributed by atoms with van der Waals surface area (Å²) in [5.41, 5.74) is 2.05. The Balaban J connectivity index is 1.72. The van der Waals surface area contributed by atoms with Gasteiger partial charge in [-0.3, -0.25) is 4.79 Å². The van der Waals surface area contributed by atoms with Crippen molar-refractivity contribution >= 4 is 5.78 Å². The van der Waals surface area contributed by atoms with Crippen LogP contribution in [0, 0.1) is 24.2 Å². The molecule has 0 aromatic heterocycles. The minimum Gasteiger partial charge on any atom is -0.504 e. The number of aromatic hydroxyl groups is 2. The standard InChI is InChI=1S/C19H26O3/c1-12-10-16(20)17(21)11-14(12)6-5-13-4-3-9-19(2)15(13)7-8-18(19)22/h10-11,13,15,20-21H,3-9H2,1-2H3/t13?,15-,19-/m0/s1. The third-order valence-corrected chi connectivity index (χ3v) is 6.20. The summed E-state index contributed by atoms with van der Waals surface area (Å²) < 4.78 is 0. The predicted octanol–water partition coefficient (Wildman–Crippen LogP) is 4.12. The van der Waals surface area contributed by atoms with Crippen LogP contribution in [0.2, 0.25) is 0 Å². The number of phenolic OH excluding ortho intramolecular Hbond substituents is 2. The van der Waals surface area contributed by atoms with Gasteiger partial charge in [0.05, 0.1) is 0 Å². The van der Waals surface area contributed by atoms with Crippen molar-refractivity contribution in [2.75, 3.05) is 0 Å². The molecule has 120 valence electrons. The van der Waals surface area contributed by atoms with Gasteiger partial charge in [0.1, 0.15) is 5.78 Å². The third-order valence-electron chi connectivity index (χ3n) is 6.20. The second-order valence-electron chi connectivity index (χ2n) is 7.44. The number of carbonyl (C=O) groups excluding carboxylic acids is 1. The molecule has 1 aromatic carbocycles. The van der Waals surface area contributed by atoms with E-state index >= 15 is 0 Å². The molecule has 2 aliphatic carbocycles. The Morgan fingerprint density at radius 3 is 2.73 bits per heavy atom. The number of fused-ring (bicyclic) bond motifs is 1. The molecule has 3 atom stereocenters. The largest absolute Gasteiger partial charge is 0.504 e. The molecule has 0 saturated heterocycles. The highest BCUT2D eigenvalue weighted by Gasteiger charge is 2.50. The number of benzene rings is 1. The topological polar surface area (TPSA) is 57.5 Å². The first kappa shape index (κ1) is 15.4. The van der Waals surface area contributed by atoms with E-state index in [1.165, 1.54) is 6.42 Å². The first-order valence-electron chi connectivity index (χ1n) is 8.46. The molecule has 0 radical (unpaired) electrons. The summed E-state index contributed by atoms with van der Waals surface area (Å²) in [5.74, 6) is 1.54. The van der Waals surface area contributed by atoms with E-state index < -0.39 is 0 Å². The minimum atomic E-state index is -0.0743. The van der Waals surface area contributed by atoms with E-state index in [0.717, 1.165) is 49.7 Å². The number of phenols is 2. The van der Waals surface area contributed by atoms with Gasteiger partial charge in [-0.05, 0) is 67.7 Å². The van der Waals surface area contributed by atoms with Crippen molar-refractivity contribution in [2.45, 2.75) is 58.8 Å². The van der Waals surface area contributed by atoms with Gasteiger partial charge < -0.3 is 10.2 Å². The van der Waals surface area contributed by atoms with Gasteiger partial charge in [0, 0.05) is 11.8 Å². The van der Waals surface area contributed by atoms with Gasteiger partial charge in [-0.25, -0.2) is 0 Å². The van der Waals surface area contributed by atoms with Crippen LogP contribution in [-0.2, 0) is 11.2 Å². The molecule has 2 N–H and O–H groups in total. The summed E-state index contributed by atoms with van der Waals surface area (Å²) in [7, 11) is 0. The van der Waals surface area contributed by atoms with Gasteiger partial charge in [0.15, 0.2) is 11.5 Å². The van der Waals surface area contributed by atoms with Crippen LogP contribution in [0.3, 0.4) is 0 Å². The maximum Gasteiger partial charge on any atom is 0.157 e. The molecule has 0 amide bonds. The molecule has 2 fully saturated rings. The van der Waals surface area contributed by atoms with E-state index in [4.69, 9.17) is 0 Å². The normalized spacial score (nSPS) is 31.3. The number of Topliss-reactive ketones (excluding diaryl/α,β-unsaturated/α-hetero) is 1. The highest BCUT2D eigenvalue weighted by Crippen LogP contribution is 2.53. The van der Waals surface area contributed by atoms with Crippen LogP contribution in [0.5, 0.6) is 11.5 Å². The number of hydrogen-bond acceptors (Lipinski definition) is 3. The zero-order valence-corrected chi connectivity index (χ0v) is 13.6. The van der Waals surface area contributed by atoms with E-state index in [1.54, 1.807) is 12.1 Å². The van der Waals surface area contributed by atoms with Gasteiger partial charge in [-0.1, -0.05) is 19.8 Å². The monoisotopic (exact) mass is 302 g/mol. The lowest BCUT2D eigenvalue weighted by atomic mass is 9.63. The van der Waals surface area contributed by atoms with Crippen LogP contribution in [0.15, 0.2) is 12.1 Å². The quantitative estimate of drug-likeness (QED) is 0.826. The van der Waals surface area contributed by atoms with E-state index in [0.29, 0.717) is 17.6 Å². The molecule has 2 saturated carbocycles. The van der Waals surface area contributed by atoms with Crippen LogP contribution in [0.25, 0.3) is 0 Å². The van der Waals surface area contributed by atoms with Crippen molar-refractivity contribution in [3.63, 3.8) is 0 Å². The fourth-order valence-electron chi connectivity index (χ4n) is 4.79. The highest BCUT2D eigenvalue weighted by molar-refractivity contribution is 5.87. The Labute approximate surface area is 132 Å². The second kappa shape index (κ2) is 5.60. The summed E-state index contributed by atoms with van der Waals surface area (Å²) >= 11 is 0. The lowest BCUT2D eigenvalue weighted by molar-refractivity contribution is -0.128. The Morgan fingerprint density at radius 2 is 1.95 bits per heavy atom. The first-order valence-corrected chi connectivity index (χ1v) is 8.46. The maximum absolute atomic E-state index is 12.2. The second-order valence-corrected chi connectivity index (χ2v) is 7.44. The molecule has 0 heterocycles. The zero-order chi connectivity index (χ0) is 15.9. The molecule has 3 nitrogen and oxygen atoms in total. The Kier molecular flexibility index (Phi) is 3.92. The fraction of sp³-hybridized carbons (Fsp3) is 0.632. The van der Waals surface area contributed by atoms with E-state index in [9.17, 15) is 15.0 Å². The summed E-state index contributed by atoms with van der Waals surface area (Å²) in [6.45, 7) is 4.15. The van der Waals surface area contributed by atoms with Crippen molar-refractivity contribution in [1.29, 1.82) is 0 Å². The average molecular weight is 302 g/mol. The van der Waals surface area contributed by atoms with Crippen molar-refractivity contribution < 1.29 is 15.0 Å². The van der Waals surface area contributed by atoms with Crippen LogP contribution in [0.1, 0.15) is 56.6 Å². The molecule has 22 heavy (non-hydrogen) atoms. The third kappa shape index (κ3) is 2.51. The fourth-order valence-corrected chi connectivity index (χ4v) is 4.79. The number of ketones is 1. The summed E-state index contributed by atoms with van der Waals surface area (Å²) in [6.07, 6.45) is 7.23. The zero-order valence-electron chi connectivity index (χ0n) is 13.6. The van der Waals surface area contributed by atoms with Gasteiger partial charge in [0.2, 0.25) is 0 Å². The number of aryl methyl sites for hydroxylation is 2. The molecule has 0 bridgehead atoms. The van der Waals surface area contributed by atoms with Gasteiger partial charge in [-0.15, -0.1) is 0 Å². The lowest BCUT2D eigenvalue weighted by Gasteiger charge is -2.41.